The molecule has 0 spiro atoms. The van der Waals surface area contributed by atoms with Crippen LogP contribution in [-0.2, 0) is 0 Å². The third-order valence-electron chi connectivity index (χ3n) is 6.20. The first-order chi connectivity index (χ1) is 15.8. The Hall–Kier alpha value is -4.48. The first kappa shape index (κ1) is 18.3. The summed E-state index contributed by atoms with van der Waals surface area (Å²) in [6.45, 7) is 0. The number of hydrogen-bond donors (Lipinski definition) is 0. The van der Waals surface area contributed by atoms with E-state index in [0.29, 0.717) is 5.56 Å². The molecule has 0 N–H and O–H groups in total. The second kappa shape index (κ2) is 7.34. The smallest absolute Gasteiger partial charge is 0.101 e. The molecule has 0 radical (unpaired) electrons. The average Bonchev–Trinajstić information content (AvgIpc) is 2.88. The lowest BCUT2D eigenvalue weighted by Crippen LogP contribution is -1.91. The van der Waals surface area contributed by atoms with Gasteiger partial charge in [-0.15, -0.1) is 0 Å². The van der Waals surface area contributed by atoms with E-state index in [0.717, 1.165) is 16.5 Å². The quantitative estimate of drug-likeness (QED) is 0.276. The summed E-state index contributed by atoms with van der Waals surface area (Å²) in [5, 5.41) is 16.9. The third-order valence-corrected chi connectivity index (χ3v) is 6.20. The van der Waals surface area contributed by atoms with E-state index >= 15 is 0 Å². The highest BCUT2D eigenvalue weighted by Gasteiger charge is 2.15. The van der Waals surface area contributed by atoms with Crippen molar-refractivity contribution in [3.63, 3.8) is 0 Å². The second-order valence-electron chi connectivity index (χ2n) is 7.93. The van der Waals surface area contributed by atoms with Gasteiger partial charge in [-0.05, 0) is 67.2 Å². The second-order valence-corrected chi connectivity index (χ2v) is 7.93. The van der Waals surface area contributed by atoms with E-state index in [2.05, 4.69) is 102 Å². The van der Waals surface area contributed by atoms with Gasteiger partial charge >= 0.3 is 0 Å². The standard InChI is InChI=1S/C30H18N2/c31-18-21-19-32-15-14-22(21)28-17-30-24-11-5-4-10-23(24)27(20-8-2-1-3-9-20)16-29(30)26-13-7-6-12-25(26)28/h1-17,19H. The van der Waals surface area contributed by atoms with Crippen LogP contribution >= 0.6 is 0 Å². The highest BCUT2D eigenvalue weighted by Crippen LogP contribution is 2.41. The highest BCUT2D eigenvalue weighted by molar-refractivity contribution is 6.23. The summed E-state index contributed by atoms with van der Waals surface area (Å²) in [5.41, 5.74) is 5.00. The van der Waals surface area contributed by atoms with E-state index in [4.69, 9.17) is 0 Å². The first-order valence-electron chi connectivity index (χ1n) is 10.6. The zero-order valence-corrected chi connectivity index (χ0v) is 17.3. The number of aromatic nitrogens is 1. The minimum atomic E-state index is 0.585. The minimum absolute atomic E-state index is 0.585. The van der Waals surface area contributed by atoms with E-state index in [1.165, 1.54) is 38.1 Å². The number of nitriles is 1. The molecule has 0 atom stereocenters. The zero-order valence-electron chi connectivity index (χ0n) is 17.3. The van der Waals surface area contributed by atoms with Crippen molar-refractivity contribution in [3.05, 3.63) is 115 Å². The number of hydrogen-bond acceptors (Lipinski definition) is 2. The summed E-state index contributed by atoms with van der Waals surface area (Å²) in [4.78, 5) is 4.16. The van der Waals surface area contributed by atoms with Crippen molar-refractivity contribution in [2.45, 2.75) is 0 Å². The maximum absolute atomic E-state index is 9.71. The highest BCUT2D eigenvalue weighted by atomic mass is 14.6. The summed E-state index contributed by atoms with van der Waals surface area (Å²) in [6, 6.07) is 36.4. The largest absolute Gasteiger partial charge is 0.263 e. The van der Waals surface area contributed by atoms with Crippen LogP contribution in [-0.4, -0.2) is 4.98 Å². The molecule has 1 heterocycles. The van der Waals surface area contributed by atoms with Crippen molar-refractivity contribution >= 4 is 32.3 Å². The summed E-state index contributed by atoms with van der Waals surface area (Å²) in [7, 11) is 0. The van der Waals surface area contributed by atoms with Crippen molar-refractivity contribution < 1.29 is 0 Å². The van der Waals surface area contributed by atoms with Gasteiger partial charge in [0.05, 0.1) is 5.56 Å². The number of nitrogens with zero attached hydrogens (tertiary/aromatic N) is 2. The van der Waals surface area contributed by atoms with Gasteiger partial charge in [-0.1, -0.05) is 78.9 Å². The molecule has 2 heteroatoms. The van der Waals surface area contributed by atoms with Gasteiger partial charge < -0.3 is 0 Å². The summed E-state index contributed by atoms with van der Waals surface area (Å²) in [6.07, 6.45) is 3.40. The van der Waals surface area contributed by atoms with Gasteiger partial charge in [-0.25, -0.2) is 0 Å². The lowest BCUT2D eigenvalue weighted by Gasteiger charge is -2.16. The zero-order chi connectivity index (χ0) is 21.5. The number of fused-ring (bicyclic) bond motifs is 5. The normalized spacial score (nSPS) is 11.1. The van der Waals surface area contributed by atoms with Crippen LogP contribution in [0.25, 0.3) is 54.6 Å². The molecule has 0 saturated heterocycles. The molecular formula is C30H18N2. The molecule has 0 unspecified atom stereocenters. The Bertz CT molecular complexity index is 1680. The SMILES string of the molecule is N#Cc1cnccc1-c1cc2c3ccccc3c(-c3ccccc3)cc2c2ccccc12. The number of pyridine rings is 1. The van der Waals surface area contributed by atoms with Crippen molar-refractivity contribution in [2.24, 2.45) is 0 Å². The maximum Gasteiger partial charge on any atom is 0.101 e. The molecule has 6 rings (SSSR count). The Labute approximate surface area is 186 Å². The van der Waals surface area contributed by atoms with Crippen molar-refractivity contribution in [1.29, 1.82) is 5.26 Å². The van der Waals surface area contributed by atoms with Crippen LogP contribution in [0.15, 0.2) is 109 Å². The molecule has 0 amide bonds. The molecule has 0 aliphatic carbocycles. The molecule has 5 aromatic carbocycles. The van der Waals surface area contributed by atoms with Gasteiger partial charge in [0.2, 0.25) is 0 Å². The van der Waals surface area contributed by atoms with Crippen LogP contribution in [0.3, 0.4) is 0 Å². The van der Waals surface area contributed by atoms with E-state index in [-0.39, 0.29) is 0 Å². The van der Waals surface area contributed by atoms with Gasteiger partial charge in [0, 0.05) is 18.0 Å². The van der Waals surface area contributed by atoms with Crippen molar-refractivity contribution in [3.8, 4) is 28.3 Å². The van der Waals surface area contributed by atoms with Crippen molar-refractivity contribution in [1.82, 2.24) is 4.98 Å². The maximum atomic E-state index is 9.71. The van der Waals surface area contributed by atoms with Crippen LogP contribution in [0.2, 0.25) is 0 Å². The molecule has 1 aromatic heterocycles. The predicted molar refractivity (Wildman–Crippen MR) is 132 cm³/mol. The predicted octanol–water partition coefficient (Wildman–Crippen LogP) is 7.75. The van der Waals surface area contributed by atoms with Crippen LogP contribution in [0.1, 0.15) is 5.56 Å². The molecule has 32 heavy (non-hydrogen) atoms. The van der Waals surface area contributed by atoms with Crippen LogP contribution in [0.4, 0.5) is 0 Å². The van der Waals surface area contributed by atoms with E-state index in [1.54, 1.807) is 12.4 Å². The Morgan fingerprint density at radius 1 is 0.531 bits per heavy atom. The topological polar surface area (TPSA) is 36.7 Å². The lowest BCUT2D eigenvalue weighted by molar-refractivity contribution is 1.30. The summed E-state index contributed by atoms with van der Waals surface area (Å²) >= 11 is 0. The Morgan fingerprint density at radius 2 is 1.09 bits per heavy atom. The van der Waals surface area contributed by atoms with E-state index < -0.39 is 0 Å². The minimum Gasteiger partial charge on any atom is -0.263 e. The number of rotatable bonds is 2. The molecule has 2 nitrogen and oxygen atoms in total. The average molecular weight is 406 g/mol. The monoisotopic (exact) mass is 406 g/mol. The fourth-order valence-corrected chi connectivity index (χ4v) is 4.75. The molecule has 0 aliphatic heterocycles. The molecular weight excluding hydrogens is 388 g/mol. The van der Waals surface area contributed by atoms with Crippen molar-refractivity contribution in [2.75, 3.05) is 0 Å². The fourth-order valence-electron chi connectivity index (χ4n) is 4.75. The van der Waals surface area contributed by atoms with Gasteiger partial charge in [0.1, 0.15) is 6.07 Å². The molecule has 0 bridgehead atoms. The third kappa shape index (κ3) is 2.76. The molecule has 6 aromatic rings. The Balaban J connectivity index is 1.82. The molecule has 0 saturated carbocycles. The summed E-state index contributed by atoms with van der Waals surface area (Å²) < 4.78 is 0. The van der Waals surface area contributed by atoms with Gasteiger partial charge in [-0.3, -0.25) is 4.98 Å². The lowest BCUT2D eigenvalue weighted by atomic mass is 9.87. The Morgan fingerprint density at radius 3 is 1.75 bits per heavy atom. The van der Waals surface area contributed by atoms with Gasteiger partial charge in [-0.2, -0.15) is 5.26 Å². The Kier molecular flexibility index (Phi) is 4.20. The van der Waals surface area contributed by atoms with Crippen LogP contribution in [0.5, 0.6) is 0 Å². The van der Waals surface area contributed by atoms with Crippen LogP contribution < -0.4 is 0 Å². The summed E-state index contributed by atoms with van der Waals surface area (Å²) in [5.74, 6) is 0. The molecule has 0 fully saturated rings. The van der Waals surface area contributed by atoms with E-state index in [1.807, 2.05) is 6.07 Å². The molecule has 0 aliphatic rings. The van der Waals surface area contributed by atoms with Gasteiger partial charge in [0.15, 0.2) is 0 Å². The number of benzene rings is 5. The van der Waals surface area contributed by atoms with E-state index in [9.17, 15) is 5.26 Å². The fraction of sp³-hybridized carbons (Fsp3) is 0. The molecule has 148 valence electrons. The van der Waals surface area contributed by atoms with Gasteiger partial charge in [0.25, 0.3) is 0 Å². The van der Waals surface area contributed by atoms with Crippen LogP contribution in [0, 0.1) is 11.3 Å². The first-order valence-corrected chi connectivity index (χ1v) is 10.6.